The number of nitrogens with one attached hydrogen (secondary N) is 1. The highest BCUT2D eigenvalue weighted by Gasteiger charge is 2.28. The molecule has 2 heterocycles. The lowest BCUT2D eigenvalue weighted by Crippen LogP contribution is -2.47. The van der Waals surface area contributed by atoms with E-state index in [-0.39, 0.29) is 24.3 Å². The third-order valence-corrected chi connectivity index (χ3v) is 6.65. The van der Waals surface area contributed by atoms with Gasteiger partial charge in [0.1, 0.15) is 0 Å². The molecule has 8 heteroatoms. The zero-order chi connectivity index (χ0) is 16.2. The van der Waals surface area contributed by atoms with Gasteiger partial charge in [0.05, 0.1) is 17.2 Å². The van der Waals surface area contributed by atoms with Gasteiger partial charge in [-0.2, -0.15) is 0 Å². The zero-order valence-electron chi connectivity index (χ0n) is 12.9. The van der Waals surface area contributed by atoms with Crippen LogP contribution in [-0.2, 0) is 14.8 Å². The average Bonchev–Trinajstić information content (AvgIpc) is 2.92. The third-order valence-electron chi connectivity index (χ3n) is 3.80. The summed E-state index contributed by atoms with van der Waals surface area (Å²) in [5.41, 5.74) is 0.974. The molecule has 1 aromatic heterocycles. The summed E-state index contributed by atoms with van der Waals surface area (Å²) in [7, 11) is -1.76. The highest BCUT2D eigenvalue weighted by atomic mass is 32.2. The van der Waals surface area contributed by atoms with Gasteiger partial charge < -0.3 is 10.1 Å². The summed E-state index contributed by atoms with van der Waals surface area (Å²) in [5.74, 6) is -0.0530. The summed E-state index contributed by atoms with van der Waals surface area (Å²) in [6.07, 6.45) is 1.28. The summed E-state index contributed by atoms with van der Waals surface area (Å²) < 4.78 is 30.5. The lowest BCUT2D eigenvalue weighted by Gasteiger charge is -2.31. The molecule has 1 saturated heterocycles. The normalized spacial score (nSPS) is 17.5. The van der Waals surface area contributed by atoms with E-state index in [1.165, 1.54) is 22.8 Å². The van der Waals surface area contributed by atoms with Crippen molar-refractivity contribution in [2.75, 3.05) is 32.6 Å². The minimum Gasteiger partial charge on any atom is -0.384 e. The van der Waals surface area contributed by atoms with Crippen LogP contribution in [0.15, 0.2) is 11.4 Å². The number of sulfonamides is 1. The van der Waals surface area contributed by atoms with Crippen LogP contribution in [0.3, 0.4) is 0 Å². The van der Waals surface area contributed by atoms with E-state index in [1.54, 1.807) is 0 Å². The Balaban J connectivity index is 1.85. The van der Waals surface area contributed by atoms with E-state index in [0.717, 1.165) is 10.4 Å². The Bertz CT molecular complexity index is 604. The van der Waals surface area contributed by atoms with Gasteiger partial charge in [-0.1, -0.05) is 0 Å². The van der Waals surface area contributed by atoms with Gasteiger partial charge in [0.2, 0.25) is 10.0 Å². The number of rotatable bonds is 6. The number of thiophene rings is 1. The molecule has 124 valence electrons. The van der Waals surface area contributed by atoms with E-state index in [1.807, 2.05) is 18.4 Å². The number of amides is 1. The summed E-state index contributed by atoms with van der Waals surface area (Å²) in [5, 5.41) is 4.90. The summed E-state index contributed by atoms with van der Waals surface area (Å²) >= 11 is 1.43. The lowest BCUT2D eigenvalue weighted by atomic mass is 10.1. The Morgan fingerprint density at radius 3 is 2.68 bits per heavy atom. The second kappa shape index (κ2) is 7.54. The molecule has 1 aliphatic rings. The molecule has 1 N–H and O–H groups in total. The van der Waals surface area contributed by atoms with Crippen LogP contribution in [0.4, 0.5) is 0 Å². The number of aryl methyl sites for hydroxylation is 1. The van der Waals surface area contributed by atoms with Crippen LogP contribution >= 0.6 is 11.3 Å². The minimum atomic E-state index is -3.25. The van der Waals surface area contributed by atoms with Gasteiger partial charge in [-0.3, -0.25) is 4.79 Å². The molecule has 1 aromatic rings. The van der Waals surface area contributed by atoms with Crippen molar-refractivity contribution in [3.8, 4) is 0 Å². The van der Waals surface area contributed by atoms with Crippen LogP contribution in [0.2, 0.25) is 0 Å². The lowest BCUT2D eigenvalue weighted by molar-refractivity contribution is 0.0927. The van der Waals surface area contributed by atoms with Crippen LogP contribution in [0, 0.1) is 6.92 Å². The fourth-order valence-corrected chi connectivity index (χ4v) is 4.68. The number of carbonyl (C=O) groups excluding carboxylic acids is 1. The smallest absolute Gasteiger partial charge is 0.261 e. The molecule has 0 unspecified atom stereocenters. The molecule has 0 spiro atoms. The zero-order valence-corrected chi connectivity index (χ0v) is 14.5. The summed E-state index contributed by atoms with van der Waals surface area (Å²) in [4.78, 5) is 12.9. The predicted octanol–water partition coefficient (Wildman–Crippen LogP) is 1.23. The maximum absolute atomic E-state index is 12.2. The van der Waals surface area contributed by atoms with Gasteiger partial charge in [-0.05, 0) is 36.8 Å². The first-order valence-corrected chi connectivity index (χ1v) is 9.74. The predicted molar refractivity (Wildman–Crippen MR) is 86.8 cm³/mol. The SMILES string of the molecule is COCCS(=O)(=O)N1CCC(NC(=O)c2sccc2C)CC1. The van der Waals surface area contributed by atoms with Crippen molar-refractivity contribution in [2.45, 2.75) is 25.8 Å². The number of nitrogens with zero attached hydrogens (tertiary/aromatic N) is 1. The molecule has 1 aliphatic heterocycles. The van der Waals surface area contributed by atoms with E-state index in [0.29, 0.717) is 25.9 Å². The van der Waals surface area contributed by atoms with Gasteiger partial charge >= 0.3 is 0 Å². The van der Waals surface area contributed by atoms with Crippen molar-refractivity contribution in [3.63, 3.8) is 0 Å². The van der Waals surface area contributed by atoms with Crippen LogP contribution in [0.25, 0.3) is 0 Å². The van der Waals surface area contributed by atoms with Gasteiger partial charge in [-0.25, -0.2) is 12.7 Å². The molecule has 6 nitrogen and oxygen atoms in total. The molecule has 0 atom stereocenters. The van der Waals surface area contributed by atoms with Crippen molar-refractivity contribution in [2.24, 2.45) is 0 Å². The Morgan fingerprint density at radius 1 is 1.45 bits per heavy atom. The van der Waals surface area contributed by atoms with E-state index in [4.69, 9.17) is 4.74 Å². The van der Waals surface area contributed by atoms with Crippen LogP contribution < -0.4 is 5.32 Å². The summed E-state index contributed by atoms with van der Waals surface area (Å²) in [6, 6.07) is 1.95. The molecule has 22 heavy (non-hydrogen) atoms. The number of piperidine rings is 1. The monoisotopic (exact) mass is 346 g/mol. The molecular formula is C14H22N2O4S2. The Morgan fingerprint density at radius 2 is 2.14 bits per heavy atom. The molecular weight excluding hydrogens is 324 g/mol. The number of hydrogen-bond acceptors (Lipinski definition) is 5. The first kappa shape index (κ1) is 17.4. The minimum absolute atomic E-state index is 0.00885. The molecule has 0 aromatic carbocycles. The fourth-order valence-electron chi connectivity index (χ4n) is 2.45. The number of methoxy groups -OCH3 is 1. The Labute approximate surface area is 135 Å². The van der Waals surface area contributed by atoms with E-state index < -0.39 is 10.0 Å². The number of ether oxygens (including phenoxy) is 1. The molecule has 0 radical (unpaired) electrons. The Kier molecular flexibility index (Phi) is 5.96. The van der Waals surface area contributed by atoms with Crippen LogP contribution in [-0.4, -0.2) is 57.2 Å². The maximum atomic E-state index is 12.2. The van der Waals surface area contributed by atoms with E-state index >= 15 is 0 Å². The van der Waals surface area contributed by atoms with Gasteiger partial charge in [0, 0.05) is 26.2 Å². The van der Waals surface area contributed by atoms with Gasteiger partial charge in [0.15, 0.2) is 0 Å². The highest BCUT2D eigenvalue weighted by Crippen LogP contribution is 2.18. The van der Waals surface area contributed by atoms with Gasteiger partial charge in [0.25, 0.3) is 5.91 Å². The number of hydrogen-bond donors (Lipinski definition) is 1. The molecule has 1 amide bonds. The van der Waals surface area contributed by atoms with Crippen molar-refractivity contribution >= 4 is 27.3 Å². The first-order chi connectivity index (χ1) is 10.4. The van der Waals surface area contributed by atoms with E-state index in [2.05, 4.69) is 5.32 Å². The number of carbonyl (C=O) groups is 1. The maximum Gasteiger partial charge on any atom is 0.261 e. The second-order valence-electron chi connectivity index (χ2n) is 5.39. The molecule has 0 bridgehead atoms. The van der Waals surface area contributed by atoms with Gasteiger partial charge in [-0.15, -0.1) is 11.3 Å². The van der Waals surface area contributed by atoms with Crippen LogP contribution in [0.5, 0.6) is 0 Å². The third kappa shape index (κ3) is 4.28. The van der Waals surface area contributed by atoms with Crippen LogP contribution in [0.1, 0.15) is 28.1 Å². The quantitative estimate of drug-likeness (QED) is 0.840. The molecule has 0 saturated carbocycles. The van der Waals surface area contributed by atoms with Crippen molar-refractivity contribution in [1.82, 2.24) is 9.62 Å². The topological polar surface area (TPSA) is 75.7 Å². The Hall–Kier alpha value is -0.960. The standard InChI is InChI=1S/C14H22N2O4S2/c1-11-5-9-21-13(11)14(17)15-12-3-6-16(7-4-12)22(18,19)10-8-20-2/h5,9,12H,3-4,6-8,10H2,1-2H3,(H,15,17). The largest absolute Gasteiger partial charge is 0.384 e. The summed E-state index contributed by atoms with van der Waals surface area (Å²) in [6.45, 7) is 3.01. The van der Waals surface area contributed by atoms with Crippen molar-refractivity contribution in [3.05, 3.63) is 21.9 Å². The van der Waals surface area contributed by atoms with E-state index in [9.17, 15) is 13.2 Å². The first-order valence-electron chi connectivity index (χ1n) is 7.26. The molecule has 1 fully saturated rings. The van der Waals surface area contributed by atoms with Crippen molar-refractivity contribution < 1.29 is 17.9 Å². The second-order valence-corrected chi connectivity index (χ2v) is 8.39. The average molecular weight is 346 g/mol. The fraction of sp³-hybridized carbons (Fsp3) is 0.643. The molecule has 0 aliphatic carbocycles. The highest BCUT2D eigenvalue weighted by molar-refractivity contribution is 7.89. The van der Waals surface area contributed by atoms with Crippen molar-refractivity contribution in [1.29, 1.82) is 0 Å². The molecule has 2 rings (SSSR count).